The molecule has 2 N–H and O–H groups in total. The third-order valence-electron chi connectivity index (χ3n) is 2.10. The van der Waals surface area contributed by atoms with E-state index in [9.17, 15) is 9.59 Å². The summed E-state index contributed by atoms with van der Waals surface area (Å²) in [6.07, 6.45) is 0. The van der Waals surface area contributed by atoms with Crippen molar-refractivity contribution in [3.63, 3.8) is 0 Å². The molecule has 0 aromatic heterocycles. The van der Waals surface area contributed by atoms with Gasteiger partial charge in [0.2, 0.25) is 0 Å². The maximum Gasteiger partial charge on any atom is 0.307 e. The lowest BCUT2D eigenvalue weighted by Crippen LogP contribution is -2.05. The van der Waals surface area contributed by atoms with Crippen LogP contribution in [0, 0.1) is 17.8 Å². The van der Waals surface area contributed by atoms with E-state index in [1.165, 1.54) is 7.11 Å². The monoisotopic (exact) mass is 174 g/mol. The zero-order chi connectivity index (χ0) is 9.30. The standard InChI is InChI=1S/C7H10O5/c1-12-2-3-4(6(8)9)5(3)7(10)11/h3-5H,2H2,1H3,(H,8,9)(H,10,11). The molecule has 1 aliphatic carbocycles. The Hall–Kier alpha value is -1.10. The Bertz CT molecular complexity index is 192. The molecule has 68 valence electrons. The second kappa shape index (κ2) is 3.10. The number of rotatable bonds is 4. The number of hydrogen-bond acceptors (Lipinski definition) is 3. The highest BCUT2D eigenvalue weighted by atomic mass is 16.5. The summed E-state index contributed by atoms with van der Waals surface area (Å²) in [6, 6.07) is 0. The molecule has 1 rings (SSSR count). The summed E-state index contributed by atoms with van der Waals surface area (Å²) in [4.78, 5) is 20.9. The zero-order valence-electron chi connectivity index (χ0n) is 6.56. The molecule has 1 fully saturated rings. The van der Waals surface area contributed by atoms with Crippen LogP contribution in [0.15, 0.2) is 0 Å². The van der Waals surface area contributed by atoms with Crippen LogP contribution in [0.1, 0.15) is 0 Å². The second-order valence-electron chi connectivity index (χ2n) is 2.85. The van der Waals surface area contributed by atoms with E-state index in [4.69, 9.17) is 14.9 Å². The van der Waals surface area contributed by atoms with Gasteiger partial charge in [-0.2, -0.15) is 0 Å². The molecule has 1 saturated carbocycles. The molecule has 2 atom stereocenters. The van der Waals surface area contributed by atoms with Crippen molar-refractivity contribution in [3.8, 4) is 0 Å². The highest BCUT2D eigenvalue weighted by Crippen LogP contribution is 2.46. The minimum atomic E-state index is -1.05. The van der Waals surface area contributed by atoms with Crippen molar-refractivity contribution in [2.75, 3.05) is 13.7 Å². The van der Waals surface area contributed by atoms with Crippen LogP contribution in [-0.2, 0) is 14.3 Å². The molecule has 2 unspecified atom stereocenters. The predicted molar refractivity (Wildman–Crippen MR) is 37.6 cm³/mol. The van der Waals surface area contributed by atoms with Crippen LogP contribution in [0.5, 0.6) is 0 Å². The van der Waals surface area contributed by atoms with Gasteiger partial charge in [0.15, 0.2) is 0 Å². The van der Waals surface area contributed by atoms with Gasteiger partial charge in [-0.3, -0.25) is 9.59 Å². The maximum absolute atomic E-state index is 10.4. The Morgan fingerprint density at radius 1 is 1.25 bits per heavy atom. The Kier molecular flexibility index (Phi) is 2.32. The van der Waals surface area contributed by atoms with Gasteiger partial charge in [0.1, 0.15) is 0 Å². The van der Waals surface area contributed by atoms with Crippen LogP contribution in [-0.4, -0.2) is 35.9 Å². The first-order chi connectivity index (χ1) is 5.59. The lowest BCUT2D eigenvalue weighted by molar-refractivity contribution is -0.144. The number of hydrogen-bond donors (Lipinski definition) is 2. The van der Waals surface area contributed by atoms with E-state index in [-0.39, 0.29) is 12.5 Å². The lowest BCUT2D eigenvalue weighted by atomic mass is 10.3. The molecule has 12 heavy (non-hydrogen) atoms. The zero-order valence-corrected chi connectivity index (χ0v) is 6.56. The van der Waals surface area contributed by atoms with E-state index in [1.54, 1.807) is 0 Å². The van der Waals surface area contributed by atoms with E-state index < -0.39 is 23.8 Å². The topological polar surface area (TPSA) is 83.8 Å². The average Bonchev–Trinajstić information content (AvgIpc) is 2.63. The fraction of sp³-hybridized carbons (Fsp3) is 0.714. The number of methoxy groups -OCH3 is 1. The highest BCUT2D eigenvalue weighted by Gasteiger charge is 2.59. The second-order valence-corrected chi connectivity index (χ2v) is 2.85. The van der Waals surface area contributed by atoms with Crippen molar-refractivity contribution in [1.29, 1.82) is 0 Å². The molecule has 0 radical (unpaired) electrons. The molecule has 5 nitrogen and oxygen atoms in total. The predicted octanol–water partition coefficient (Wildman–Crippen LogP) is -0.336. The van der Waals surface area contributed by atoms with Crippen molar-refractivity contribution in [2.24, 2.45) is 17.8 Å². The summed E-state index contributed by atoms with van der Waals surface area (Å²) < 4.78 is 4.70. The summed E-state index contributed by atoms with van der Waals surface area (Å²) in [5.41, 5.74) is 0. The largest absolute Gasteiger partial charge is 0.481 e. The van der Waals surface area contributed by atoms with Gasteiger partial charge in [-0.25, -0.2) is 0 Å². The molecule has 0 spiro atoms. The SMILES string of the molecule is COCC1C(C(=O)O)C1C(=O)O. The molecule has 5 heteroatoms. The molecule has 1 aliphatic rings. The van der Waals surface area contributed by atoms with Gasteiger partial charge in [-0.1, -0.05) is 0 Å². The number of carboxylic acids is 2. The van der Waals surface area contributed by atoms with Crippen molar-refractivity contribution < 1.29 is 24.5 Å². The van der Waals surface area contributed by atoms with Crippen LogP contribution in [0.4, 0.5) is 0 Å². The molecule has 0 saturated heterocycles. The third kappa shape index (κ3) is 1.40. The van der Waals surface area contributed by atoms with Crippen LogP contribution in [0.2, 0.25) is 0 Å². The first kappa shape index (κ1) is 8.99. The fourth-order valence-corrected chi connectivity index (χ4v) is 1.45. The van der Waals surface area contributed by atoms with Crippen molar-refractivity contribution in [1.82, 2.24) is 0 Å². The molecule has 0 heterocycles. The smallest absolute Gasteiger partial charge is 0.307 e. The lowest BCUT2D eigenvalue weighted by Gasteiger charge is -1.92. The van der Waals surface area contributed by atoms with Crippen LogP contribution in [0.25, 0.3) is 0 Å². The Morgan fingerprint density at radius 3 is 1.92 bits per heavy atom. The van der Waals surface area contributed by atoms with Gasteiger partial charge in [0.05, 0.1) is 18.4 Å². The van der Waals surface area contributed by atoms with Gasteiger partial charge in [-0.05, 0) is 0 Å². The highest BCUT2D eigenvalue weighted by molar-refractivity contribution is 5.86. The molecular weight excluding hydrogens is 164 g/mol. The molecule has 0 aromatic rings. The first-order valence-electron chi connectivity index (χ1n) is 3.54. The summed E-state index contributed by atoms with van der Waals surface area (Å²) in [5, 5.41) is 17.1. The minimum Gasteiger partial charge on any atom is -0.481 e. The fourth-order valence-electron chi connectivity index (χ4n) is 1.45. The molecule has 0 bridgehead atoms. The van der Waals surface area contributed by atoms with Crippen LogP contribution >= 0.6 is 0 Å². The average molecular weight is 174 g/mol. The van der Waals surface area contributed by atoms with Gasteiger partial charge >= 0.3 is 11.9 Å². The number of carbonyl (C=O) groups is 2. The van der Waals surface area contributed by atoms with Crippen LogP contribution < -0.4 is 0 Å². The van der Waals surface area contributed by atoms with E-state index in [0.717, 1.165) is 0 Å². The van der Waals surface area contributed by atoms with Crippen molar-refractivity contribution in [3.05, 3.63) is 0 Å². The van der Waals surface area contributed by atoms with E-state index >= 15 is 0 Å². The Balaban J connectivity index is 2.55. The molecule has 0 aliphatic heterocycles. The van der Waals surface area contributed by atoms with E-state index in [1.807, 2.05) is 0 Å². The quantitative estimate of drug-likeness (QED) is 0.609. The minimum absolute atomic E-state index is 0.202. The van der Waals surface area contributed by atoms with Crippen molar-refractivity contribution in [2.45, 2.75) is 0 Å². The molecule has 0 aromatic carbocycles. The van der Waals surface area contributed by atoms with Gasteiger partial charge in [0.25, 0.3) is 0 Å². The van der Waals surface area contributed by atoms with Gasteiger partial charge in [0, 0.05) is 13.0 Å². The van der Waals surface area contributed by atoms with E-state index in [0.29, 0.717) is 0 Å². The Morgan fingerprint density at radius 2 is 1.67 bits per heavy atom. The van der Waals surface area contributed by atoms with Crippen LogP contribution in [0.3, 0.4) is 0 Å². The van der Waals surface area contributed by atoms with Gasteiger partial charge < -0.3 is 14.9 Å². The number of aliphatic carboxylic acids is 2. The first-order valence-corrected chi connectivity index (χ1v) is 3.54. The normalized spacial score (nSPS) is 32.9. The van der Waals surface area contributed by atoms with Crippen molar-refractivity contribution >= 4 is 11.9 Å². The summed E-state index contributed by atoms with van der Waals surface area (Å²) in [6.45, 7) is 0.202. The third-order valence-corrected chi connectivity index (χ3v) is 2.10. The maximum atomic E-state index is 10.4. The number of ether oxygens (including phenoxy) is 1. The summed E-state index contributed by atoms with van der Waals surface area (Å²) >= 11 is 0. The Labute approximate surface area is 68.9 Å². The van der Waals surface area contributed by atoms with E-state index in [2.05, 4.69) is 0 Å². The molecule has 0 amide bonds. The summed E-state index contributed by atoms with van der Waals surface area (Å²) in [5.74, 6) is -3.98. The van der Waals surface area contributed by atoms with Gasteiger partial charge in [-0.15, -0.1) is 0 Å². The number of carboxylic acid groups (broad SMARTS) is 2. The molecular formula is C7H10O5. The summed E-state index contributed by atoms with van der Waals surface area (Å²) in [7, 11) is 1.43.